The predicted molar refractivity (Wildman–Crippen MR) is 96.2 cm³/mol. The summed E-state index contributed by atoms with van der Waals surface area (Å²) >= 11 is 0. The number of hydrogen-bond acceptors (Lipinski definition) is 2. The Labute approximate surface area is 146 Å². The van der Waals surface area contributed by atoms with Crippen LogP contribution in [0.2, 0.25) is 0 Å². The van der Waals surface area contributed by atoms with Gasteiger partial charge in [0.15, 0.2) is 5.78 Å². The van der Waals surface area contributed by atoms with Gasteiger partial charge in [-0.3, -0.25) is 4.79 Å². The fraction of sp³-hybridized carbons (Fsp3) is 0.864. The molecule has 5 aliphatic carbocycles. The van der Waals surface area contributed by atoms with Crippen molar-refractivity contribution in [2.75, 3.05) is 0 Å². The third kappa shape index (κ3) is 1.98. The van der Waals surface area contributed by atoms with Gasteiger partial charge in [0.25, 0.3) is 0 Å². The first-order chi connectivity index (χ1) is 11.4. The second-order valence-corrected chi connectivity index (χ2v) is 10.4. The van der Waals surface area contributed by atoms with E-state index in [4.69, 9.17) is 0 Å². The summed E-state index contributed by atoms with van der Waals surface area (Å²) in [6.45, 7) is 9.26. The highest BCUT2D eigenvalue weighted by Crippen LogP contribution is 2.68. The molecule has 1 N–H and O–H groups in total. The lowest BCUT2D eigenvalue weighted by Gasteiger charge is -2.46. The molecule has 24 heavy (non-hydrogen) atoms. The summed E-state index contributed by atoms with van der Waals surface area (Å²) in [6.07, 6.45) is 8.23. The molecule has 3 bridgehead atoms. The Hall–Kier alpha value is -0.790. The summed E-state index contributed by atoms with van der Waals surface area (Å²) < 4.78 is 0. The van der Waals surface area contributed by atoms with E-state index in [2.05, 4.69) is 33.0 Å². The van der Waals surface area contributed by atoms with Gasteiger partial charge >= 0.3 is 0 Å². The number of ketones is 1. The maximum absolute atomic E-state index is 12.5. The third-order valence-corrected chi connectivity index (χ3v) is 8.92. The number of allylic oxidation sites excluding steroid dienone is 2. The fourth-order valence-corrected chi connectivity index (χ4v) is 7.86. The van der Waals surface area contributed by atoms with Gasteiger partial charge in [-0.15, -0.1) is 0 Å². The number of fused-ring (bicyclic) bond motifs is 3. The maximum Gasteiger partial charge on any atom is 0.161 e. The van der Waals surface area contributed by atoms with Gasteiger partial charge in [0.1, 0.15) is 0 Å². The standard InChI is InChI=1S/C22H33NO/c1-11(19-15-6-5-14-7-13(8-15)9-16(14)19)23-12(2)20-18(24)10-17-21(20)22(17,3)4/h11,13-17,19,21,23H,5-10H2,1-4H3/b20-12+/t11-,13+,14+,15+,16-,17-,19+,21-/m1/s1. The van der Waals surface area contributed by atoms with Crippen LogP contribution >= 0.6 is 0 Å². The quantitative estimate of drug-likeness (QED) is 0.770. The number of Topliss-reactive ketones (excluding diaryl/α,β-unsaturated/α-hetero) is 1. The first-order valence-corrected chi connectivity index (χ1v) is 10.4. The molecule has 0 amide bonds. The van der Waals surface area contributed by atoms with E-state index in [0.717, 1.165) is 41.6 Å². The van der Waals surface area contributed by atoms with Crippen LogP contribution in [-0.2, 0) is 4.79 Å². The van der Waals surface area contributed by atoms with Gasteiger partial charge in [-0.2, -0.15) is 0 Å². The molecule has 0 aromatic heterocycles. The molecule has 0 spiro atoms. The van der Waals surface area contributed by atoms with Crippen molar-refractivity contribution < 1.29 is 4.79 Å². The molecule has 0 aliphatic heterocycles. The molecule has 0 heterocycles. The van der Waals surface area contributed by atoms with Crippen molar-refractivity contribution in [1.29, 1.82) is 0 Å². The molecule has 2 heteroatoms. The Bertz CT molecular complexity index is 617. The molecule has 8 atom stereocenters. The molecule has 0 unspecified atom stereocenters. The SMILES string of the molecule is C/C(N[C@H](C)[C@H]1[C@H]2CC[C@H]3C[C@@H](C2)C[C@H]31)=C1/C(=O)C[C@@H]2[C@H]1C2(C)C. The summed E-state index contributed by atoms with van der Waals surface area (Å²) in [7, 11) is 0. The Morgan fingerprint density at radius 2 is 1.88 bits per heavy atom. The van der Waals surface area contributed by atoms with Gasteiger partial charge in [0.2, 0.25) is 0 Å². The van der Waals surface area contributed by atoms with Crippen LogP contribution in [0.4, 0.5) is 0 Å². The second kappa shape index (κ2) is 4.89. The van der Waals surface area contributed by atoms with Crippen molar-refractivity contribution in [3.63, 3.8) is 0 Å². The van der Waals surface area contributed by atoms with Crippen LogP contribution < -0.4 is 5.32 Å². The van der Waals surface area contributed by atoms with Gasteiger partial charge < -0.3 is 5.32 Å². The van der Waals surface area contributed by atoms with Crippen molar-refractivity contribution in [3.8, 4) is 0 Å². The van der Waals surface area contributed by atoms with Crippen LogP contribution in [0.5, 0.6) is 0 Å². The molecule has 132 valence electrons. The zero-order valence-corrected chi connectivity index (χ0v) is 15.8. The molecule has 5 fully saturated rings. The van der Waals surface area contributed by atoms with Crippen molar-refractivity contribution in [3.05, 3.63) is 11.3 Å². The smallest absolute Gasteiger partial charge is 0.161 e. The third-order valence-electron chi connectivity index (χ3n) is 8.92. The van der Waals surface area contributed by atoms with E-state index >= 15 is 0 Å². The topological polar surface area (TPSA) is 29.1 Å². The van der Waals surface area contributed by atoms with Crippen LogP contribution in [0.1, 0.15) is 66.2 Å². The molecule has 5 rings (SSSR count). The van der Waals surface area contributed by atoms with Crippen LogP contribution in [0.15, 0.2) is 11.3 Å². The summed E-state index contributed by atoms with van der Waals surface area (Å²) in [5, 5.41) is 3.84. The van der Waals surface area contributed by atoms with Crippen molar-refractivity contribution in [1.82, 2.24) is 5.32 Å². The summed E-state index contributed by atoms with van der Waals surface area (Å²) in [5.41, 5.74) is 2.72. The average Bonchev–Trinajstić information content (AvgIpc) is 2.80. The van der Waals surface area contributed by atoms with E-state index in [-0.39, 0.29) is 0 Å². The van der Waals surface area contributed by atoms with Crippen LogP contribution in [0, 0.1) is 46.8 Å². The summed E-state index contributed by atoms with van der Waals surface area (Å²) in [6, 6.07) is 0.531. The predicted octanol–water partition coefficient (Wildman–Crippen LogP) is 4.56. The molecule has 0 aromatic rings. The molecule has 0 aromatic carbocycles. The summed E-state index contributed by atoms with van der Waals surface area (Å²) in [4.78, 5) is 12.5. The minimum Gasteiger partial charge on any atom is -0.385 e. The maximum atomic E-state index is 12.5. The van der Waals surface area contributed by atoms with Crippen LogP contribution in [0.3, 0.4) is 0 Å². The molecule has 0 saturated heterocycles. The molecule has 5 aliphatic rings. The average molecular weight is 328 g/mol. The van der Waals surface area contributed by atoms with E-state index in [1.165, 1.54) is 37.8 Å². The van der Waals surface area contributed by atoms with E-state index < -0.39 is 0 Å². The highest BCUT2D eigenvalue weighted by Gasteiger charge is 2.65. The Morgan fingerprint density at radius 3 is 2.62 bits per heavy atom. The van der Waals surface area contributed by atoms with Gasteiger partial charge in [0, 0.05) is 23.7 Å². The van der Waals surface area contributed by atoms with Crippen LogP contribution in [-0.4, -0.2) is 11.8 Å². The summed E-state index contributed by atoms with van der Waals surface area (Å²) in [5.74, 6) is 6.38. The molecular formula is C22H33NO. The van der Waals surface area contributed by atoms with E-state index in [1.54, 1.807) is 0 Å². The highest BCUT2D eigenvalue weighted by molar-refractivity contribution is 6.01. The zero-order chi connectivity index (χ0) is 16.8. The first kappa shape index (κ1) is 15.5. The van der Waals surface area contributed by atoms with E-state index in [1.807, 2.05) is 0 Å². The molecular weight excluding hydrogens is 294 g/mol. The lowest BCUT2D eigenvalue weighted by molar-refractivity contribution is -0.115. The van der Waals surface area contributed by atoms with Gasteiger partial charge in [-0.05, 0) is 92.8 Å². The minimum atomic E-state index is 0.359. The van der Waals surface area contributed by atoms with Crippen molar-refractivity contribution >= 4 is 5.78 Å². The zero-order valence-electron chi connectivity index (χ0n) is 15.8. The largest absolute Gasteiger partial charge is 0.385 e. The lowest BCUT2D eigenvalue weighted by atomic mass is 9.62. The number of carbonyl (C=O) groups excluding carboxylic acids is 1. The highest BCUT2D eigenvalue weighted by atomic mass is 16.1. The van der Waals surface area contributed by atoms with Crippen molar-refractivity contribution in [2.45, 2.75) is 72.3 Å². The Morgan fingerprint density at radius 1 is 1.17 bits per heavy atom. The lowest BCUT2D eigenvalue weighted by Crippen LogP contribution is -2.46. The minimum absolute atomic E-state index is 0.359. The Kier molecular flexibility index (Phi) is 3.15. The fourth-order valence-electron chi connectivity index (χ4n) is 7.86. The second-order valence-electron chi connectivity index (χ2n) is 10.4. The molecule has 2 nitrogen and oxygen atoms in total. The van der Waals surface area contributed by atoms with E-state index in [0.29, 0.717) is 29.1 Å². The van der Waals surface area contributed by atoms with Gasteiger partial charge in [0.05, 0.1) is 0 Å². The van der Waals surface area contributed by atoms with Gasteiger partial charge in [-0.1, -0.05) is 13.8 Å². The number of rotatable bonds is 3. The number of nitrogens with one attached hydrogen (secondary N) is 1. The first-order valence-electron chi connectivity index (χ1n) is 10.4. The van der Waals surface area contributed by atoms with E-state index in [9.17, 15) is 4.79 Å². The van der Waals surface area contributed by atoms with Crippen LogP contribution in [0.25, 0.3) is 0 Å². The Balaban J connectivity index is 1.36. The van der Waals surface area contributed by atoms with Crippen molar-refractivity contribution in [2.24, 2.45) is 46.8 Å². The normalized spacial score (nSPS) is 50.7. The monoisotopic (exact) mass is 327 g/mol. The number of hydrogen-bond donors (Lipinski definition) is 1. The van der Waals surface area contributed by atoms with Gasteiger partial charge in [-0.25, -0.2) is 0 Å². The number of carbonyl (C=O) groups is 1. The molecule has 5 saturated carbocycles. The molecule has 0 radical (unpaired) electrons.